The molecule has 1 atom stereocenters. The van der Waals surface area contributed by atoms with Crippen LogP contribution in [0.5, 0.6) is 0 Å². The lowest BCUT2D eigenvalue weighted by atomic mass is 10.4. The molecule has 0 aliphatic heterocycles. The van der Waals surface area contributed by atoms with E-state index in [1.807, 2.05) is 0 Å². The van der Waals surface area contributed by atoms with Crippen LogP contribution >= 0.6 is 46.6 Å². The van der Waals surface area contributed by atoms with Crippen molar-refractivity contribution in [2.45, 2.75) is 17.1 Å². The minimum absolute atomic E-state index is 0.283. The molecule has 6 heteroatoms. The standard InChI is InChI=1S/C9H7Cl3O2S/c1-4(9(13)14)15-5-2-6(10)8(12)7(11)3-5/h2-4H,1H3,(H,13,14). The second-order valence-electron chi connectivity index (χ2n) is 2.80. The topological polar surface area (TPSA) is 37.3 Å². The molecule has 0 saturated heterocycles. The van der Waals surface area contributed by atoms with E-state index in [4.69, 9.17) is 39.9 Å². The van der Waals surface area contributed by atoms with Gasteiger partial charge >= 0.3 is 5.97 Å². The number of hydrogen-bond acceptors (Lipinski definition) is 2. The Labute approximate surface area is 107 Å². The van der Waals surface area contributed by atoms with Crippen molar-refractivity contribution < 1.29 is 9.90 Å². The van der Waals surface area contributed by atoms with Gasteiger partial charge < -0.3 is 5.11 Å². The van der Waals surface area contributed by atoms with Crippen molar-refractivity contribution in [1.82, 2.24) is 0 Å². The first-order valence-electron chi connectivity index (χ1n) is 3.96. The van der Waals surface area contributed by atoms with Crippen LogP contribution in [-0.2, 0) is 4.79 Å². The zero-order valence-corrected chi connectivity index (χ0v) is 10.7. The van der Waals surface area contributed by atoms with Crippen LogP contribution in [0.2, 0.25) is 15.1 Å². The smallest absolute Gasteiger partial charge is 0.316 e. The third-order valence-corrected chi connectivity index (χ3v) is 3.88. The summed E-state index contributed by atoms with van der Waals surface area (Å²) < 4.78 is 0. The molecule has 15 heavy (non-hydrogen) atoms. The molecule has 1 aromatic rings. The van der Waals surface area contributed by atoms with Gasteiger partial charge in [0.25, 0.3) is 0 Å². The van der Waals surface area contributed by atoms with Crippen molar-refractivity contribution in [2.75, 3.05) is 0 Å². The molecule has 1 aromatic carbocycles. The fraction of sp³-hybridized carbons (Fsp3) is 0.222. The average Bonchev–Trinajstić information content (AvgIpc) is 2.13. The predicted molar refractivity (Wildman–Crippen MR) is 64.4 cm³/mol. The highest BCUT2D eigenvalue weighted by Gasteiger charge is 2.14. The summed E-state index contributed by atoms with van der Waals surface area (Å²) in [5, 5.41) is 9.10. The molecule has 2 nitrogen and oxygen atoms in total. The molecule has 0 saturated carbocycles. The van der Waals surface area contributed by atoms with Crippen LogP contribution < -0.4 is 0 Å². The second-order valence-corrected chi connectivity index (χ2v) is 5.41. The quantitative estimate of drug-likeness (QED) is 0.667. The van der Waals surface area contributed by atoms with Gasteiger partial charge in [-0.15, -0.1) is 11.8 Å². The molecule has 0 aromatic heterocycles. The van der Waals surface area contributed by atoms with Crippen molar-refractivity contribution in [1.29, 1.82) is 0 Å². The van der Waals surface area contributed by atoms with Gasteiger partial charge in [-0.05, 0) is 19.1 Å². The Morgan fingerprint density at radius 3 is 2.20 bits per heavy atom. The summed E-state index contributed by atoms with van der Waals surface area (Å²) >= 11 is 18.5. The summed E-state index contributed by atoms with van der Waals surface area (Å²) in [6.07, 6.45) is 0. The van der Waals surface area contributed by atoms with Crippen molar-refractivity contribution in [3.63, 3.8) is 0 Å². The van der Waals surface area contributed by atoms with E-state index < -0.39 is 11.2 Å². The Morgan fingerprint density at radius 1 is 1.33 bits per heavy atom. The van der Waals surface area contributed by atoms with Crippen LogP contribution in [0.15, 0.2) is 17.0 Å². The van der Waals surface area contributed by atoms with Gasteiger partial charge in [0, 0.05) is 4.90 Å². The van der Waals surface area contributed by atoms with Gasteiger partial charge in [0.2, 0.25) is 0 Å². The molecular formula is C9H7Cl3O2S. The van der Waals surface area contributed by atoms with Gasteiger partial charge in [-0.2, -0.15) is 0 Å². The number of halogens is 3. The van der Waals surface area contributed by atoms with E-state index in [1.165, 1.54) is 0 Å². The van der Waals surface area contributed by atoms with Gasteiger partial charge in [-0.3, -0.25) is 4.79 Å². The Hall–Kier alpha value is -0.0900. The summed E-state index contributed by atoms with van der Waals surface area (Å²) in [5.74, 6) is -0.887. The summed E-state index contributed by atoms with van der Waals surface area (Å²) in [4.78, 5) is 11.3. The number of carboxylic acids is 1. The first kappa shape index (κ1) is 13.0. The molecule has 0 bridgehead atoms. The van der Waals surface area contributed by atoms with E-state index in [0.29, 0.717) is 14.9 Å². The number of aliphatic carboxylic acids is 1. The monoisotopic (exact) mass is 284 g/mol. The normalized spacial score (nSPS) is 12.5. The van der Waals surface area contributed by atoms with Gasteiger partial charge in [0.05, 0.1) is 15.1 Å². The average molecular weight is 286 g/mol. The molecule has 1 N–H and O–H groups in total. The lowest BCUT2D eigenvalue weighted by Crippen LogP contribution is -2.10. The molecule has 0 spiro atoms. The van der Waals surface area contributed by atoms with Crippen molar-refractivity contribution in [3.05, 3.63) is 27.2 Å². The lowest BCUT2D eigenvalue weighted by molar-refractivity contribution is -0.136. The molecule has 0 fully saturated rings. The first-order valence-corrected chi connectivity index (χ1v) is 5.97. The SMILES string of the molecule is CC(Sc1cc(Cl)c(Cl)c(Cl)c1)C(=O)O. The Balaban J connectivity index is 2.92. The fourth-order valence-corrected chi connectivity index (χ4v) is 2.46. The summed E-state index contributed by atoms with van der Waals surface area (Å²) in [6, 6.07) is 3.19. The molecule has 82 valence electrons. The molecule has 0 aliphatic carbocycles. The maximum Gasteiger partial charge on any atom is 0.316 e. The molecule has 0 heterocycles. The molecule has 0 radical (unpaired) electrons. The minimum Gasteiger partial charge on any atom is -0.480 e. The summed E-state index contributed by atoms with van der Waals surface area (Å²) in [5.41, 5.74) is 0. The van der Waals surface area contributed by atoms with E-state index in [1.54, 1.807) is 19.1 Å². The Bertz CT molecular complexity index is 372. The van der Waals surface area contributed by atoms with Crippen molar-refractivity contribution in [2.24, 2.45) is 0 Å². The van der Waals surface area contributed by atoms with E-state index in [-0.39, 0.29) is 5.02 Å². The third-order valence-electron chi connectivity index (χ3n) is 1.62. The number of carboxylic acid groups (broad SMARTS) is 1. The first-order chi connectivity index (χ1) is 6.91. The van der Waals surface area contributed by atoms with E-state index >= 15 is 0 Å². The molecular weight excluding hydrogens is 279 g/mol. The van der Waals surface area contributed by atoms with Crippen LogP contribution in [0.3, 0.4) is 0 Å². The summed E-state index contributed by atoms with van der Waals surface area (Å²) in [7, 11) is 0. The van der Waals surface area contributed by atoms with Crippen LogP contribution in [0.1, 0.15) is 6.92 Å². The van der Waals surface area contributed by atoms with Crippen LogP contribution in [0.25, 0.3) is 0 Å². The lowest BCUT2D eigenvalue weighted by Gasteiger charge is -2.08. The zero-order chi connectivity index (χ0) is 11.6. The van der Waals surface area contributed by atoms with Gasteiger partial charge in [-0.25, -0.2) is 0 Å². The molecule has 0 amide bonds. The maximum absolute atomic E-state index is 10.6. The van der Waals surface area contributed by atoms with Crippen molar-refractivity contribution >= 4 is 52.5 Å². The largest absolute Gasteiger partial charge is 0.480 e. The Morgan fingerprint density at radius 2 is 1.80 bits per heavy atom. The van der Waals surface area contributed by atoms with Crippen LogP contribution in [-0.4, -0.2) is 16.3 Å². The minimum atomic E-state index is -0.887. The van der Waals surface area contributed by atoms with E-state index in [9.17, 15) is 4.79 Å². The van der Waals surface area contributed by atoms with Crippen LogP contribution in [0.4, 0.5) is 0 Å². The number of benzene rings is 1. The summed E-state index contributed by atoms with van der Waals surface area (Å²) in [6.45, 7) is 1.59. The number of rotatable bonds is 3. The molecule has 0 aliphatic rings. The number of carbonyl (C=O) groups is 1. The van der Waals surface area contributed by atoms with Crippen LogP contribution in [0, 0.1) is 0 Å². The van der Waals surface area contributed by atoms with E-state index in [0.717, 1.165) is 11.8 Å². The Kier molecular flexibility index (Phi) is 4.59. The fourth-order valence-electron chi connectivity index (χ4n) is 0.855. The van der Waals surface area contributed by atoms with Gasteiger partial charge in [0.1, 0.15) is 5.25 Å². The molecule has 1 unspecified atom stereocenters. The molecule has 1 rings (SSSR count). The second kappa shape index (κ2) is 5.30. The zero-order valence-electron chi connectivity index (χ0n) is 7.63. The maximum atomic E-state index is 10.6. The number of hydrogen-bond donors (Lipinski definition) is 1. The number of thioether (sulfide) groups is 1. The highest BCUT2D eigenvalue weighted by molar-refractivity contribution is 8.00. The highest BCUT2D eigenvalue weighted by Crippen LogP contribution is 2.35. The van der Waals surface area contributed by atoms with E-state index in [2.05, 4.69) is 0 Å². The highest BCUT2D eigenvalue weighted by atomic mass is 35.5. The van der Waals surface area contributed by atoms with Gasteiger partial charge in [0.15, 0.2) is 0 Å². The third kappa shape index (κ3) is 3.45. The van der Waals surface area contributed by atoms with Gasteiger partial charge in [-0.1, -0.05) is 34.8 Å². The predicted octanol–water partition coefficient (Wildman–Crippen LogP) is 4.21. The van der Waals surface area contributed by atoms with Crippen molar-refractivity contribution in [3.8, 4) is 0 Å².